The third-order valence-electron chi connectivity index (χ3n) is 6.25. The molecule has 4 rings (SSSR count). The fourth-order valence-electron chi connectivity index (χ4n) is 4.65. The van der Waals surface area contributed by atoms with Crippen molar-refractivity contribution in [2.45, 2.75) is 37.8 Å². The molecule has 0 bridgehead atoms. The van der Waals surface area contributed by atoms with E-state index in [0.29, 0.717) is 6.42 Å². The molecule has 5 nitrogen and oxygen atoms in total. The lowest BCUT2D eigenvalue weighted by atomic mass is 9.79. The van der Waals surface area contributed by atoms with Crippen LogP contribution in [0.1, 0.15) is 30.4 Å². The minimum atomic E-state index is -0.527. The van der Waals surface area contributed by atoms with Gasteiger partial charge in [-0.2, -0.15) is 0 Å². The van der Waals surface area contributed by atoms with Crippen LogP contribution in [-0.4, -0.2) is 51.9 Å². The summed E-state index contributed by atoms with van der Waals surface area (Å²) in [4.78, 5) is 26.1. The first kappa shape index (κ1) is 21.2. The van der Waals surface area contributed by atoms with Crippen LogP contribution in [0, 0.1) is 0 Å². The predicted molar refractivity (Wildman–Crippen MR) is 123 cm³/mol. The number of likely N-dealkylation sites (tertiary alicyclic amines) is 1. The van der Waals surface area contributed by atoms with Gasteiger partial charge in [0.15, 0.2) is 0 Å². The number of carbonyl (C=O) groups is 1. The van der Waals surface area contributed by atoms with Crippen LogP contribution in [-0.2, 0) is 17.8 Å². The molecule has 0 N–H and O–H groups in total. The van der Waals surface area contributed by atoms with Gasteiger partial charge in [0.05, 0.1) is 0 Å². The Hall–Kier alpha value is -3.05. The number of nitrogens with zero attached hydrogens (tertiary/aromatic N) is 4. The number of benzene rings is 1. The van der Waals surface area contributed by atoms with Gasteiger partial charge in [-0.3, -0.25) is 19.7 Å². The number of amides is 1. The second-order valence-electron chi connectivity index (χ2n) is 8.58. The SMILES string of the molecule is CN(C)C(=O)C1(Cc2ccc(-c3cccnc3)cc2)CCCCN1Cc1ccncc1. The van der Waals surface area contributed by atoms with Gasteiger partial charge < -0.3 is 4.90 Å². The molecule has 3 heterocycles. The van der Waals surface area contributed by atoms with E-state index in [1.165, 1.54) is 11.1 Å². The summed E-state index contributed by atoms with van der Waals surface area (Å²) in [7, 11) is 3.74. The fraction of sp³-hybridized carbons (Fsp3) is 0.346. The van der Waals surface area contributed by atoms with Crippen LogP contribution in [0.2, 0.25) is 0 Å². The summed E-state index contributed by atoms with van der Waals surface area (Å²) in [6.45, 7) is 1.69. The number of aromatic nitrogens is 2. The Balaban J connectivity index is 1.64. The molecular formula is C26H30N4O. The van der Waals surface area contributed by atoms with Crippen molar-refractivity contribution in [1.29, 1.82) is 0 Å². The van der Waals surface area contributed by atoms with E-state index in [9.17, 15) is 4.79 Å². The molecule has 0 aliphatic carbocycles. The van der Waals surface area contributed by atoms with Gasteiger partial charge in [-0.25, -0.2) is 0 Å². The summed E-state index contributed by atoms with van der Waals surface area (Å²) in [6, 6.07) is 16.7. The number of piperidine rings is 1. The Labute approximate surface area is 184 Å². The van der Waals surface area contributed by atoms with Gasteiger partial charge in [0, 0.05) is 45.4 Å². The van der Waals surface area contributed by atoms with E-state index in [0.717, 1.165) is 43.5 Å². The van der Waals surface area contributed by atoms with Gasteiger partial charge in [0.2, 0.25) is 5.91 Å². The molecule has 31 heavy (non-hydrogen) atoms. The second-order valence-corrected chi connectivity index (χ2v) is 8.58. The van der Waals surface area contributed by atoms with E-state index in [-0.39, 0.29) is 5.91 Å². The Bertz CT molecular complexity index is 989. The smallest absolute Gasteiger partial charge is 0.242 e. The topological polar surface area (TPSA) is 49.3 Å². The maximum Gasteiger partial charge on any atom is 0.242 e. The molecule has 5 heteroatoms. The van der Waals surface area contributed by atoms with Crippen molar-refractivity contribution in [2.24, 2.45) is 0 Å². The van der Waals surface area contributed by atoms with Gasteiger partial charge in [0.1, 0.15) is 5.54 Å². The van der Waals surface area contributed by atoms with Gasteiger partial charge in [-0.05, 0) is 72.7 Å². The molecule has 0 saturated carbocycles. The molecule has 1 fully saturated rings. The first-order valence-corrected chi connectivity index (χ1v) is 10.9. The zero-order chi connectivity index (χ0) is 21.7. The zero-order valence-corrected chi connectivity index (χ0v) is 18.4. The van der Waals surface area contributed by atoms with Crippen LogP contribution in [0.25, 0.3) is 11.1 Å². The Kier molecular flexibility index (Phi) is 6.42. The summed E-state index contributed by atoms with van der Waals surface area (Å²) in [5, 5.41) is 0. The van der Waals surface area contributed by atoms with Crippen LogP contribution in [0.3, 0.4) is 0 Å². The summed E-state index contributed by atoms with van der Waals surface area (Å²) in [5.74, 6) is 0.192. The van der Waals surface area contributed by atoms with E-state index in [2.05, 4.69) is 45.2 Å². The lowest BCUT2D eigenvalue weighted by Gasteiger charge is -2.47. The van der Waals surface area contributed by atoms with Crippen molar-refractivity contribution < 1.29 is 4.79 Å². The number of hydrogen-bond acceptors (Lipinski definition) is 4. The Morgan fingerprint density at radius 2 is 1.71 bits per heavy atom. The minimum Gasteiger partial charge on any atom is -0.347 e. The molecule has 1 saturated heterocycles. The van der Waals surface area contributed by atoms with Gasteiger partial charge >= 0.3 is 0 Å². The summed E-state index contributed by atoms with van der Waals surface area (Å²) in [6.07, 6.45) is 11.1. The van der Waals surface area contributed by atoms with Gasteiger partial charge in [0.25, 0.3) is 0 Å². The van der Waals surface area contributed by atoms with Crippen molar-refractivity contribution in [3.8, 4) is 11.1 Å². The predicted octanol–water partition coefficient (Wildman–Crippen LogP) is 4.20. The normalized spacial score (nSPS) is 19.2. The highest BCUT2D eigenvalue weighted by Crippen LogP contribution is 2.35. The minimum absolute atomic E-state index is 0.192. The van der Waals surface area contributed by atoms with Crippen molar-refractivity contribution in [2.75, 3.05) is 20.6 Å². The number of pyridine rings is 2. The highest BCUT2D eigenvalue weighted by Gasteiger charge is 2.46. The lowest BCUT2D eigenvalue weighted by Crippen LogP contribution is -2.61. The Morgan fingerprint density at radius 3 is 2.39 bits per heavy atom. The van der Waals surface area contributed by atoms with Crippen molar-refractivity contribution >= 4 is 5.91 Å². The maximum absolute atomic E-state index is 13.6. The van der Waals surface area contributed by atoms with Gasteiger partial charge in [-0.1, -0.05) is 30.3 Å². The fourth-order valence-corrected chi connectivity index (χ4v) is 4.65. The van der Waals surface area contributed by atoms with E-state index in [1.807, 2.05) is 50.9 Å². The van der Waals surface area contributed by atoms with Crippen LogP contribution < -0.4 is 0 Å². The third kappa shape index (κ3) is 4.67. The van der Waals surface area contributed by atoms with E-state index in [1.54, 1.807) is 11.1 Å². The molecule has 1 amide bonds. The van der Waals surface area contributed by atoms with Crippen LogP contribution in [0.5, 0.6) is 0 Å². The molecule has 160 valence electrons. The highest BCUT2D eigenvalue weighted by atomic mass is 16.2. The van der Waals surface area contributed by atoms with Crippen LogP contribution >= 0.6 is 0 Å². The molecule has 0 radical (unpaired) electrons. The van der Waals surface area contributed by atoms with Crippen LogP contribution in [0.15, 0.2) is 73.3 Å². The molecule has 0 spiro atoms. The first-order valence-electron chi connectivity index (χ1n) is 10.9. The first-order chi connectivity index (χ1) is 15.1. The van der Waals surface area contributed by atoms with Crippen molar-refractivity contribution in [3.63, 3.8) is 0 Å². The monoisotopic (exact) mass is 414 g/mol. The van der Waals surface area contributed by atoms with E-state index in [4.69, 9.17) is 0 Å². The van der Waals surface area contributed by atoms with E-state index < -0.39 is 5.54 Å². The Morgan fingerprint density at radius 1 is 0.935 bits per heavy atom. The zero-order valence-electron chi connectivity index (χ0n) is 18.4. The lowest BCUT2D eigenvalue weighted by molar-refractivity contribution is -0.145. The maximum atomic E-state index is 13.6. The van der Waals surface area contributed by atoms with Crippen molar-refractivity contribution in [3.05, 3.63) is 84.4 Å². The number of likely N-dealkylation sites (N-methyl/N-ethyl adjacent to an activating group) is 1. The number of hydrogen-bond donors (Lipinski definition) is 0. The number of rotatable bonds is 6. The molecule has 1 aliphatic rings. The molecule has 1 aromatic carbocycles. The summed E-state index contributed by atoms with van der Waals surface area (Å²) < 4.78 is 0. The largest absolute Gasteiger partial charge is 0.347 e. The molecule has 1 aliphatic heterocycles. The highest BCUT2D eigenvalue weighted by molar-refractivity contribution is 5.86. The van der Waals surface area contributed by atoms with Crippen LogP contribution in [0.4, 0.5) is 0 Å². The molecular weight excluding hydrogens is 384 g/mol. The quantitative estimate of drug-likeness (QED) is 0.607. The van der Waals surface area contributed by atoms with Gasteiger partial charge in [-0.15, -0.1) is 0 Å². The molecule has 2 aromatic heterocycles. The average Bonchev–Trinajstić information content (AvgIpc) is 2.81. The van der Waals surface area contributed by atoms with E-state index >= 15 is 0 Å². The average molecular weight is 415 g/mol. The second kappa shape index (κ2) is 9.40. The van der Waals surface area contributed by atoms with Crippen molar-refractivity contribution in [1.82, 2.24) is 19.8 Å². The number of carbonyl (C=O) groups excluding carboxylic acids is 1. The summed E-state index contributed by atoms with van der Waals surface area (Å²) in [5.41, 5.74) is 4.09. The molecule has 1 atom stereocenters. The molecule has 1 unspecified atom stereocenters. The standard InChI is InChI=1S/C26H30N4O/c1-29(2)25(31)26(13-3-4-17-30(26)20-22-11-15-27-16-12-22)18-21-7-9-23(10-8-21)24-6-5-14-28-19-24/h5-12,14-16,19H,3-4,13,17-18,20H2,1-2H3. The molecule has 3 aromatic rings. The third-order valence-corrected chi connectivity index (χ3v) is 6.25. The summed E-state index contributed by atoms with van der Waals surface area (Å²) >= 11 is 0.